The monoisotopic (exact) mass is 489 g/mol. The van der Waals surface area contributed by atoms with Crippen LogP contribution in [0, 0.1) is 11.3 Å². The summed E-state index contributed by atoms with van der Waals surface area (Å²) in [6.45, 7) is 1.92. The third kappa shape index (κ3) is 6.31. The first-order valence-electron chi connectivity index (χ1n) is 11.2. The second-order valence-electron chi connectivity index (χ2n) is 8.00. The van der Waals surface area contributed by atoms with Gasteiger partial charge in [0.15, 0.2) is 6.61 Å². The molecule has 1 fully saturated rings. The number of piperazine rings is 1. The van der Waals surface area contributed by atoms with Crippen molar-refractivity contribution >= 4 is 23.4 Å². The molecular weight excluding hydrogens is 466 g/mol. The highest BCUT2D eigenvalue weighted by atomic mass is 35.5. The fourth-order valence-corrected chi connectivity index (χ4v) is 3.87. The van der Waals surface area contributed by atoms with Crippen molar-refractivity contribution < 1.29 is 19.1 Å². The van der Waals surface area contributed by atoms with Crippen molar-refractivity contribution in [2.24, 2.45) is 0 Å². The molecule has 8 heteroatoms. The molecule has 0 aromatic heterocycles. The minimum atomic E-state index is -0.125. The zero-order valence-corrected chi connectivity index (χ0v) is 19.8. The maximum atomic E-state index is 13.0. The summed E-state index contributed by atoms with van der Waals surface area (Å²) >= 11 is 5.86. The molecule has 3 aromatic rings. The van der Waals surface area contributed by atoms with Crippen LogP contribution in [0.5, 0.6) is 11.5 Å². The van der Waals surface area contributed by atoms with Gasteiger partial charge in [0.1, 0.15) is 18.1 Å². The first-order chi connectivity index (χ1) is 17.0. The molecule has 1 saturated heterocycles. The molecule has 0 N–H and O–H groups in total. The van der Waals surface area contributed by atoms with Crippen LogP contribution < -0.4 is 9.47 Å². The molecule has 0 unspecified atom stereocenters. The molecule has 2 amide bonds. The number of amides is 2. The van der Waals surface area contributed by atoms with Crippen molar-refractivity contribution in [3.05, 3.63) is 94.5 Å². The summed E-state index contributed by atoms with van der Waals surface area (Å²) in [5, 5.41) is 9.83. The zero-order valence-electron chi connectivity index (χ0n) is 19.0. The Bertz CT molecular complexity index is 1230. The molecule has 0 saturated carbocycles. The number of hydrogen-bond donors (Lipinski definition) is 0. The SMILES string of the molecule is N#Cc1ccccc1COc1cccc(C(=O)N2CCN(C(=O)COc3ccc(Cl)cc3)CC2)c1. The summed E-state index contributed by atoms with van der Waals surface area (Å²) in [5.41, 5.74) is 1.86. The highest BCUT2D eigenvalue weighted by Gasteiger charge is 2.25. The molecule has 7 nitrogen and oxygen atoms in total. The van der Waals surface area contributed by atoms with Crippen LogP contribution in [0.2, 0.25) is 5.02 Å². The molecule has 1 aliphatic heterocycles. The van der Waals surface area contributed by atoms with Crippen molar-refractivity contribution in [1.29, 1.82) is 5.26 Å². The van der Waals surface area contributed by atoms with E-state index in [2.05, 4.69) is 6.07 Å². The molecule has 178 valence electrons. The van der Waals surface area contributed by atoms with Gasteiger partial charge in [0.25, 0.3) is 11.8 Å². The minimum absolute atomic E-state index is 0.0656. The van der Waals surface area contributed by atoms with E-state index in [1.54, 1.807) is 70.5 Å². The number of halogens is 1. The Balaban J connectivity index is 1.28. The lowest BCUT2D eigenvalue weighted by atomic mass is 10.1. The van der Waals surface area contributed by atoms with Crippen molar-refractivity contribution in [2.75, 3.05) is 32.8 Å². The topological polar surface area (TPSA) is 82.9 Å². The Morgan fingerprint density at radius 2 is 1.57 bits per heavy atom. The highest BCUT2D eigenvalue weighted by molar-refractivity contribution is 6.30. The maximum Gasteiger partial charge on any atom is 0.260 e. The Morgan fingerprint density at radius 1 is 0.857 bits per heavy atom. The number of carbonyl (C=O) groups is 2. The van der Waals surface area contributed by atoms with E-state index in [-0.39, 0.29) is 25.0 Å². The lowest BCUT2D eigenvalue weighted by Gasteiger charge is -2.34. The second-order valence-corrected chi connectivity index (χ2v) is 8.44. The molecule has 3 aromatic carbocycles. The number of ether oxygens (including phenoxy) is 2. The van der Waals surface area contributed by atoms with Gasteiger partial charge >= 0.3 is 0 Å². The van der Waals surface area contributed by atoms with E-state index in [0.717, 1.165) is 5.56 Å². The Kier molecular flexibility index (Phi) is 7.86. The molecule has 35 heavy (non-hydrogen) atoms. The lowest BCUT2D eigenvalue weighted by molar-refractivity contribution is -0.134. The molecule has 1 heterocycles. The predicted octanol–water partition coefficient (Wildman–Crippen LogP) is 4.15. The summed E-state index contributed by atoms with van der Waals surface area (Å²) in [6.07, 6.45) is 0. The van der Waals surface area contributed by atoms with Gasteiger partial charge in [-0.2, -0.15) is 5.26 Å². The molecular formula is C27H24ClN3O4. The standard InChI is InChI=1S/C27H24ClN3O4/c28-23-8-10-24(11-9-23)35-19-26(32)30-12-14-31(15-13-30)27(33)20-6-3-7-25(16-20)34-18-22-5-2-1-4-21(22)17-29/h1-11,16H,12-15,18-19H2. The first kappa shape index (κ1) is 24.1. The molecule has 0 atom stereocenters. The highest BCUT2D eigenvalue weighted by Crippen LogP contribution is 2.19. The van der Waals surface area contributed by atoms with E-state index in [1.807, 2.05) is 12.1 Å². The van der Waals surface area contributed by atoms with Crippen LogP contribution in [0.3, 0.4) is 0 Å². The Labute approximate surface area is 209 Å². The number of hydrogen-bond acceptors (Lipinski definition) is 5. The number of rotatable bonds is 7. The van der Waals surface area contributed by atoms with Crippen LogP contribution in [0.15, 0.2) is 72.8 Å². The van der Waals surface area contributed by atoms with Gasteiger partial charge in [-0.05, 0) is 48.5 Å². The van der Waals surface area contributed by atoms with Gasteiger partial charge in [-0.15, -0.1) is 0 Å². The average Bonchev–Trinajstić information content (AvgIpc) is 2.91. The number of carbonyl (C=O) groups excluding carboxylic acids is 2. The first-order valence-corrected chi connectivity index (χ1v) is 11.6. The van der Waals surface area contributed by atoms with E-state index in [9.17, 15) is 14.9 Å². The van der Waals surface area contributed by atoms with Gasteiger partial charge in [0, 0.05) is 42.3 Å². The summed E-state index contributed by atoms with van der Waals surface area (Å²) in [7, 11) is 0. The molecule has 0 spiro atoms. The van der Waals surface area contributed by atoms with Gasteiger partial charge in [0.05, 0.1) is 11.6 Å². The lowest BCUT2D eigenvalue weighted by Crippen LogP contribution is -2.51. The van der Waals surface area contributed by atoms with E-state index in [4.69, 9.17) is 21.1 Å². The normalized spacial score (nSPS) is 13.1. The van der Waals surface area contributed by atoms with E-state index in [0.29, 0.717) is 53.8 Å². The number of nitriles is 1. The summed E-state index contributed by atoms with van der Waals surface area (Å²) < 4.78 is 11.4. The molecule has 0 aliphatic carbocycles. The number of benzene rings is 3. The molecule has 0 bridgehead atoms. The average molecular weight is 490 g/mol. The predicted molar refractivity (Wildman–Crippen MR) is 131 cm³/mol. The maximum absolute atomic E-state index is 13.0. The zero-order chi connectivity index (χ0) is 24.6. The fourth-order valence-electron chi connectivity index (χ4n) is 3.74. The van der Waals surface area contributed by atoms with Crippen molar-refractivity contribution in [2.45, 2.75) is 6.61 Å². The van der Waals surface area contributed by atoms with Gasteiger partial charge in [-0.3, -0.25) is 9.59 Å². The Hall–Kier alpha value is -4.02. The van der Waals surface area contributed by atoms with Gasteiger partial charge in [0.2, 0.25) is 0 Å². The summed E-state index contributed by atoms with van der Waals surface area (Å²) in [5.74, 6) is 0.893. The van der Waals surface area contributed by atoms with Crippen LogP contribution in [0.4, 0.5) is 0 Å². The molecule has 1 aliphatic rings. The fraction of sp³-hybridized carbons (Fsp3) is 0.222. The number of nitrogens with zero attached hydrogens (tertiary/aromatic N) is 3. The van der Waals surface area contributed by atoms with Crippen molar-refractivity contribution in [3.8, 4) is 17.6 Å². The third-order valence-electron chi connectivity index (χ3n) is 5.71. The van der Waals surface area contributed by atoms with Crippen molar-refractivity contribution in [1.82, 2.24) is 9.80 Å². The quantitative estimate of drug-likeness (QED) is 0.498. The summed E-state index contributed by atoms with van der Waals surface area (Å²) in [6, 6.07) is 23.2. The van der Waals surface area contributed by atoms with Crippen LogP contribution in [0.1, 0.15) is 21.5 Å². The molecule has 4 rings (SSSR count). The van der Waals surface area contributed by atoms with E-state index < -0.39 is 0 Å². The van der Waals surface area contributed by atoms with Crippen LogP contribution >= 0.6 is 11.6 Å². The molecule has 0 radical (unpaired) electrons. The summed E-state index contributed by atoms with van der Waals surface area (Å²) in [4.78, 5) is 29.0. The van der Waals surface area contributed by atoms with E-state index >= 15 is 0 Å². The van der Waals surface area contributed by atoms with Crippen LogP contribution in [-0.2, 0) is 11.4 Å². The third-order valence-corrected chi connectivity index (χ3v) is 5.96. The Morgan fingerprint density at radius 3 is 2.31 bits per heavy atom. The smallest absolute Gasteiger partial charge is 0.260 e. The van der Waals surface area contributed by atoms with Gasteiger partial charge < -0.3 is 19.3 Å². The largest absolute Gasteiger partial charge is 0.489 e. The van der Waals surface area contributed by atoms with E-state index in [1.165, 1.54) is 0 Å². The van der Waals surface area contributed by atoms with Gasteiger partial charge in [-0.1, -0.05) is 35.9 Å². The van der Waals surface area contributed by atoms with Crippen LogP contribution in [-0.4, -0.2) is 54.4 Å². The van der Waals surface area contributed by atoms with Crippen LogP contribution in [0.25, 0.3) is 0 Å². The van der Waals surface area contributed by atoms with Crippen molar-refractivity contribution in [3.63, 3.8) is 0 Å². The second kappa shape index (κ2) is 11.4. The van der Waals surface area contributed by atoms with Gasteiger partial charge in [-0.25, -0.2) is 0 Å². The minimum Gasteiger partial charge on any atom is -0.489 e.